The number of furan rings is 1. The molecule has 1 aromatic rings. The molecule has 2 atom stereocenters. The van der Waals surface area contributed by atoms with Crippen molar-refractivity contribution in [1.82, 2.24) is 5.32 Å². The van der Waals surface area contributed by atoms with Crippen LogP contribution in [0.5, 0.6) is 0 Å². The molecule has 0 bridgehead atoms. The summed E-state index contributed by atoms with van der Waals surface area (Å²) in [5.74, 6) is 0.110. The van der Waals surface area contributed by atoms with Crippen molar-refractivity contribution < 1.29 is 17.6 Å². The van der Waals surface area contributed by atoms with Crippen LogP contribution in [-0.2, 0) is 10.0 Å². The monoisotopic (exact) mass is 350 g/mol. The maximum atomic E-state index is 11.9. The minimum Gasteiger partial charge on any atom is -0.443 e. The van der Waals surface area contributed by atoms with Gasteiger partial charge in [0.05, 0.1) is 0 Å². The van der Waals surface area contributed by atoms with Crippen LogP contribution in [0.3, 0.4) is 0 Å². The van der Waals surface area contributed by atoms with Crippen LogP contribution in [0.4, 0.5) is 0 Å². The van der Waals surface area contributed by atoms with Crippen LogP contribution in [0, 0.1) is 5.92 Å². The van der Waals surface area contributed by atoms with E-state index in [0.717, 1.165) is 25.3 Å². The molecule has 0 spiro atoms. The Hall–Kier alpha value is -0.860. The lowest BCUT2D eigenvalue weighted by atomic mass is 10.1. The lowest BCUT2D eigenvalue weighted by Gasteiger charge is -2.10. The first-order chi connectivity index (χ1) is 8.77. The number of amides is 1. The van der Waals surface area contributed by atoms with E-state index in [9.17, 15) is 13.2 Å². The van der Waals surface area contributed by atoms with E-state index in [1.807, 2.05) is 0 Å². The molecular formula is C11H15BrN2O4S. The van der Waals surface area contributed by atoms with Gasteiger partial charge in [-0.1, -0.05) is 6.92 Å². The molecule has 0 saturated heterocycles. The van der Waals surface area contributed by atoms with Crippen LogP contribution in [-0.4, -0.2) is 20.4 Å². The SMILES string of the molecule is CC1CCC(NC(=O)c2cc(S(N)(=O)=O)c(Br)o2)C1. The highest BCUT2D eigenvalue weighted by molar-refractivity contribution is 9.10. The van der Waals surface area contributed by atoms with Gasteiger partial charge in [0.1, 0.15) is 4.90 Å². The van der Waals surface area contributed by atoms with Crippen LogP contribution in [0.25, 0.3) is 0 Å². The highest BCUT2D eigenvalue weighted by Crippen LogP contribution is 2.27. The van der Waals surface area contributed by atoms with Crippen molar-refractivity contribution in [2.45, 2.75) is 37.1 Å². The minimum atomic E-state index is -3.90. The first-order valence-corrected chi connectivity index (χ1v) is 8.24. The first kappa shape index (κ1) is 14.5. The van der Waals surface area contributed by atoms with Gasteiger partial charge in [0.2, 0.25) is 10.0 Å². The molecule has 1 fully saturated rings. The van der Waals surface area contributed by atoms with Gasteiger partial charge in [-0.3, -0.25) is 4.79 Å². The highest BCUT2D eigenvalue weighted by Gasteiger charge is 2.26. The van der Waals surface area contributed by atoms with Gasteiger partial charge in [-0.15, -0.1) is 0 Å². The maximum absolute atomic E-state index is 11.9. The number of sulfonamides is 1. The summed E-state index contributed by atoms with van der Waals surface area (Å²) in [6.07, 6.45) is 2.93. The van der Waals surface area contributed by atoms with Crippen molar-refractivity contribution in [3.63, 3.8) is 0 Å². The lowest BCUT2D eigenvalue weighted by molar-refractivity contribution is 0.0908. The summed E-state index contributed by atoms with van der Waals surface area (Å²) in [4.78, 5) is 11.7. The maximum Gasteiger partial charge on any atom is 0.287 e. The molecule has 0 aliphatic heterocycles. The Balaban J connectivity index is 2.12. The van der Waals surface area contributed by atoms with Gasteiger partial charge in [-0.25, -0.2) is 13.6 Å². The van der Waals surface area contributed by atoms with Crippen molar-refractivity contribution >= 4 is 31.9 Å². The predicted octanol–water partition coefficient (Wildman–Crippen LogP) is 1.61. The molecule has 1 amide bonds. The van der Waals surface area contributed by atoms with Gasteiger partial charge < -0.3 is 9.73 Å². The predicted molar refractivity (Wildman–Crippen MR) is 72.1 cm³/mol. The Morgan fingerprint density at radius 2 is 2.21 bits per heavy atom. The average Bonchev–Trinajstić information content (AvgIpc) is 2.84. The number of carbonyl (C=O) groups is 1. The second-order valence-corrected chi connectivity index (χ2v) is 7.13. The zero-order valence-electron chi connectivity index (χ0n) is 10.3. The first-order valence-electron chi connectivity index (χ1n) is 5.90. The summed E-state index contributed by atoms with van der Waals surface area (Å²) in [5.41, 5.74) is 0. The van der Waals surface area contributed by atoms with Gasteiger partial charge in [-0.05, 0) is 41.1 Å². The number of nitrogens with one attached hydrogen (secondary N) is 1. The molecule has 0 radical (unpaired) electrons. The standard InChI is InChI=1S/C11H15BrN2O4S/c1-6-2-3-7(4-6)14-11(15)8-5-9(10(12)18-8)19(13,16)17/h5-7H,2-4H2,1H3,(H,14,15)(H2,13,16,17). The van der Waals surface area contributed by atoms with Crippen molar-refractivity contribution in [1.29, 1.82) is 0 Å². The molecule has 1 aliphatic rings. The van der Waals surface area contributed by atoms with E-state index in [4.69, 9.17) is 9.56 Å². The number of rotatable bonds is 3. The zero-order chi connectivity index (χ0) is 14.2. The molecule has 0 aromatic carbocycles. The Morgan fingerprint density at radius 1 is 1.53 bits per heavy atom. The van der Waals surface area contributed by atoms with Gasteiger partial charge in [0, 0.05) is 12.1 Å². The molecule has 6 nitrogen and oxygen atoms in total. The smallest absolute Gasteiger partial charge is 0.287 e. The number of hydrogen-bond donors (Lipinski definition) is 2. The summed E-state index contributed by atoms with van der Waals surface area (Å²) in [7, 11) is -3.90. The molecule has 1 heterocycles. The van der Waals surface area contributed by atoms with Crippen LogP contribution >= 0.6 is 15.9 Å². The molecule has 1 aliphatic carbocycles. The zero-order valence-corrected chi connectivity index (χ0v) is 12.8. The molecule has 19 heavy (non-hydrogen) atoms. The Kier molecular flexibility index (Phi) is 4.03. The summed E-state index contributed by atoms with van der Waals surface area (Å²) in [5, 5.41) is 7.83. The number of halogens is 1. The van der Waals surface area contributed by atoms with E-state index in [-0.39, 0.29) is 21.4 Å². The molecular weight excluding hydrogens is 336 g/mol. The molecule has 2 unspecified atom stereocenters. The molecule has 3 N–H and O–H groups in total. The Labute approximate surface area is 119 Å². The summed E-state index contributed by atoms with van der Waals surface area (Å²) in [6, 6.07) is 1.25. The second kappa shape index (κ2) is 5.26. The van der Waals surface area contributed by atoms with Crippen molar-refractivity contribution in [2.75, 3.05) is 0 Å². The lowest BCUT2D eigenvalue weighted by Crippen LogP contribution is -2.32. The van der Waals surface area contributed by atoms with Gasteiger partial charge >= 0.3 is 0 Å². The topological polar surface area (TPSA) is 102 Å². The Morgan fingerprint density at radius 3 is 2.68 bits per heavy atom. The van der Waals surface area contributed by atoms with Gasteiger partial charge in [0.15, 0.2) is 10.4 Å². The average molecular weight is 351 g/mol. The van der Waals surface area contributed by atoms with Crippen molar-refractivity contribution in [3.05, 3.63) is 16.5 Å². The third kappa shape index (κ3) is 3.37. The largest absolute Gasteiger partial charge is 0.443 e. The van der Waals surface area contributed by atoms with E-state index >= 15 is 0 Å². The van der Waals surface area contributed by atoms with Crippen LogP contribution < -0.4 is 10.5 Å². The summed E-state index contributed by atoms with van der Waals surface area (Å²) in [6.45, 7) is 2.13. The number of carbonyl (C=O) groups excluding carboxylic acids is 1. The van der Waals surface area contributed by atoms with E-state index in [1.54, 1.807) is 0 Å². The minimum absolute atomic E-state index is 0.0556. The van der Waals surface area contributed by atoms with Crippen LogP contribution in [0.1, 0.15) is 36.7 Å². The molecule has 1 saturated carbocycles. The molecule has 106 valence electrons. The fraction of sp³-hybridized carbons (Fsp3) is 0.545. The fourth-order valence-corrected chi connectivity index (χ4v) is 3.76. The van der Waals surface area contributed by atoms with E-state index < -0.39 is 15.9 Å². The summed E-state index contributed by atoms with van der Waals surface area (Å²) >= 11 is 2.94. The van der Waals surface area contributed by atoms with E-state index in [0.29, 0.717) is 5.92 Å². The molecule has 1 aromatic heterocycles. The van der Waals surface area contributed by atoms with Gasteiger partial charge in [0.25, 0.3) is 5.91 Å². The van der Waals surface area contributed by atoms with E-state index in [1.165, 1.54) is 0 Å². The highest BCUT2D eigenvalue weighted by atomic mass is 79.9. The number of hydrogen-bond acceptors (Lipinski definition) is 4. The quantitative estimate of drug-likeness (QED) is 0.864. The Bertz CT molecular complexity index is 596. The second-order valence-electron chi connectivity index (χ2n) is 4.88. The van der Waals surface area contributed by atoms with Crippen LogP contribution in [0.15, 0.2) is 20.0 Å². The normalized spacial score (nSPS) is 23.5. The third-order valence-electron chi connectivity index (χ3n) is 3.22. The van der Waals surface area contributed by atoms with Crippen molar-refractivity contribution in [3.8, 4) is 0 Å². The number of primary sulfonamides is 1. The third-order valence-corrected chi connectivity index (χ3v) is 4.98. The van der Waals surface area contributed by atoms with E-state index in [2.05, 4.69) is 28.2 Å². The summed E-state index contributed by atoms with van der Waals surface area (Å²) < 4.78 is 27.5. The molecule has 8 heteroatoms. The number of nitrogens with two attached hydrogens (primary N) is 1. The van der Waals surface area contributed by atoms with Crippen LogP contribution in [0.2, 0.25) is 0 Å². The fourth-order valence-electron chi connectivity index (χ4n) is 2.25. The van der Waals surface area contributed by atoms with Gasteiger partial charge in [-0.2, -0.15) is 0 Å². The molecule has 2 rings (SSSR count). The van der Waals surface area contributed by atoms with Crippen molar-refractivity contribution in [2.24, 2.45) is 11.1 Å².